The van der Waals surface area contributed by atoms with Crippen molar-refractivity contribution in [2.75, 3.05) is 19.6 Å². The Kier molecular flexibility index (Phi) is 6.35. The average molecular weight is 336 g/mol. The molecule has 0 radical (unpaired) electrons. The van der Waals surface area contributed by atoms with Crippen LogP contribution in [0.1, 0.15) is 64.2 Å². The summed E-state index contributed by atoms with van der Waals surface area (Å²) < 4.78 is 0. The smallest absolute Gasteiger partial charge is 0.315 e. The van der Waals surface area contributed by atoms with Crippen LogP contribution in [0.25, 0.3) is 0 Å². The van der Waals surface area contributed by atoms with Crippen LogP contribution in [0.15, 0.2) is 0 Å². The van der Waals surface area contributed by atoms with Crippen LogP contribution in [0.5, 0.6) is 0 Å². The van der Waals surface area contributed by atoms with Crippen LogP contribution in [-0.2, 0) is 4.79 Å². The lowest BCUT2D eigenvalue weighted by atomic mass is 10.2. The first-order valence-electron chi connectivity index (χ1n) is 9.78. The lowest BCUT2D eigenvalue weighted by Crippen LogP contribution is -2.45. The molecule has 2 saturated carbocycles. The number of hydrogen-bond donors (Lipinski definition) is 3. The van der Waals surface area contributed by atoms with E-state index in [0.717, 1.165) is 38.4 Å². The molecule has 3 N–H and O–H groups in total. The number of carbonyl (C=O) groups is 2. The Morgan fingerprint density at radius 1 is 0.875 bits per heavy atom. The molecule has 2 aliphatic carbocycles. The zero-order valence-corrected chi connectivity index (χ0v) is 14.7. The summed E-state index contributed by atoms with van der Waals surface area (Å²) in [6.45, 7) is 2.48. The summed E-state index contributed by atoms with van der Waals surface area (Å²) >= 11 is 0. The maximum atomic E-state index is 12.0. The Hall–Kier alpha value is -1.30. The molecule has 3 amide bonds. The van der Waals surface area contributed by atoms with Gasteiger partial charge in [0.05, 0.1) is 0 Å². The number of hydrogen-bond acceptors (Lipinski definition) is 3. The molecule has 1 saturated heterocycles. The summed E-state index contributed by atoms with van der Waals surface area (Å²) in [7, 11) is 0. The molecule has 1 atom stereocenters. The van der Waals surface area contributed by atoms with Crippen molar-refractivity contribution in [3.8, 4) is 0 Å². The highest BCUT2D eigenvalue weighted by molar-refractivity contribution is 5.78. The van der Waals surface area contributed by atoms with Gasteiger partial charge in [0, 0.05) is 44.2 Å². The molecular formula is C18H32N4O2. The van der Waals surface area contributed by atoms with E-state index >= 15 is 0 Å². The standard InChI is InChI=1S/C18H32N4O2/c23-17(20-14-5-1-2-6-14)9-11-19-18(24)21-15-10-12-22(13-15)16-7-3-4-8-16/h14-16H,1-13H2,(H,20,23)(H2,19,21,24)/t15-/m0/s1. The van der Waals surface area contributed by atoms with Gasteiger partial charge in [0.2, 0.25) is 5.91 Å². The number of urea groups is 1. The molecule has 3 fully saturated rings. The van der Waals surface area contributed by atoms with Crippen molar-refractivity contribution in [2.24, 2.45) is 0 Å². The van der Waals surface area contributed by atoms with Gasteiger partial charge in [-0.1, -0.05) is 25.7 Å². The van der Waals surface area contributed by atoms with Crippen molar-refractivity contribution in [3.05, 3.63) is 0 Å². The summed E-state index contributed by atoms with van der Waals surface area (Å²) in [5, 5.41) is 8.92. The molecule has 1 heterocycles. The normalized spacial score (nSPS) is 25.9. The Labute approximate surface area is 145 Å². The van der Waals surface area contributed by atoms with Gasteiger partial charge in [-0.25, -0.2) is 4.79 Å². The van der Waals surface area contributed by atoms with Crippen LogP contribution in [0.3, 0.4) is 0 Å². The Bertz CT molecular complexity index is 431. The lowest BCUT2D eigenvalue weighted by Gasteiger charge is -2.23. The van der Waals surface area contributed by atoms with E-state index in [1.165, 1.54) is 38.5 Å². The Balaban J connectivity index is 1.26. The highest BCUT2D eigenvalue weighted by atomic mass is 16.2. The summed E-state index contributed by atoms with van der Waals surface area (Å²) in [5.74, 6) is 0.0514. The molecule has 0 aromatic carbocycles. The van der Waals surface area contributed by atoms with Gasteiger partial charge in [-0.2, -0.15) is 0 Å². The van der Waals surface area contributed by atoms with E-state index in [9.17, 15) is 9.59 Å². The molecule has 6 heteroatoms. The Morgan fingerprint density at radius 2 is 1.58 bits per heavy atom. The maximum Gasteiger partial charge on any atom is 0.315 e. The minimum atomic E-state index is -0.137. The highest BCUT2D eigenvalue weighted by Gasteiger charge is 2.30. The molecule has 0 bridgehead atoms. The molecule has 3 aliphatic rings. The molecule has 0 spiro atoms. The fourth-order valence-electron chi connectivity index (χ4n) is 4.40. The fraction of sp³-hybridized carbons (Fsp3) is 0.889. The molecular weight excluding hydrogens is 304 g/mol. The van der Waals surface area contributed by atoms with E-state index in [0.29, 0.717) is 19.0 Å². The lowest BCUT2D eigenvalue weighted by molar-refractivity contribution is -0.121. The second-order valence-corrected chi connectivity index (χ2v) is 7.62. The summed E-state index contributed by atoms with van der Waals surface area (Å²) in [6, 6.07) is 1.20. The summed E-state index contributed by atoms with van der Waals surface area (Å²) in [5.41, 5.74) is 0. The highest BCUT2D eigenvalue weighted by Crippen LogP contribution is 2.26. The van der Waals surface area contributed by atoms with Crippen molar-refractivity contribution >= 4 is 11.9 Å². The molecule has 136 valence electrons. The molecule has 6 nitrogen and oxygen atoms in total. The summed E-state index contributed by atoms with van der Waals surface area (Å²) in [6.07, 6.45) is 11.3. The van der Waals surface area contributed by atoms with Gasteiger partial charge in [-0.15, -0.1) is 0 Å². The Morgan fingerprint density at radius 3 is 2.33 bits per heavy atom. The largest absolute Gasteiger partial charge is 0.353 e. The van der Waals surface area contributed by atoms with E-state index in [2.05, 4.69) is 20.9 Å². The number of nitrogens with zero attached hydrogens (tertiary/aromatic N) is 1. The predicted molar refractivity (Wildman–Crippen MR) is 93.8 cm³/mol. The predicted octanol–water partition coefficient (Wildman–Crippen LogP) is 1.75. The fourth-order valence-corrected chi connectivity index (χ4v) is 4.40. The van der Waals surface area contributed by atoms with E-state index in [-0.39, 0.29) is 18.0 Å². The molecule has 3 rings (SSSR count). The number of amides is 3. The average Bonchev–Trinajstić information content (AvgIpc) is 3.29. The van der Waals surface area contributed by atoms with Crippen molar-refractivity contribution in [2.45, 2.75) is 82.3 Å². The zero-order valence-electron chi connectivity index (χ0n) is 14.7. The van der Waals surface area contributed by atoms with Gasteiger partial charge in [-0.05, 0) is 32.1 Å². The third-order valence-electron chi connectivity index (χ3n) is 5.75. The van der Waals surface area contributed by atoms with Gasteiger partial charge in [-0.3, -0.25) is 9.69 Å². The third kappa shape index (κ3) is 5.10. The van der Waals surface area contributed by atoms with Crippen LogP contribution in [0.2, 0.25) is 0 Å². The number of likely N-dealkylation sites (tertiary alicyclic amines) is 1. The second-order valence-electron chi connectivity index (χ2n) is 7.62. The van der Waals surface area contributed by atoms with Crippen molar-refractivity contribution < 1.29 is 9.59 Å². The third-order valence-corrected chi connectivity index (χ3v) is 5.75. The van der Waals surface area contributed by atoms with Crippen molar-refractivity contribution in [3.63, 3.8) is 0 Å². The number of nitrogens with one attached hydrogen (secondary N) is 3. The zero-order chi connectivity index (χ0) is 16.8. The SMILES string of the molecule is O=C(CCNC(=O)N[C@H]1CCN(C2CCCC2)C1)NC1CCCC1. The molecule has 0 unspecified atom stereocenters. The topological polar surface area (TPSA) is 73.5 Å². The minimum absolute atomic E-state index is 0.0514. The first kappa shape index (κ1) is 17.5. The molecule has 24 heavy (non-hydrogen) atoms. The van der Waals surface area contributed by atoms with Gasteiger partial charge in [0.1, 0.15) is 0 Å². The number of carbonyl (C=O) groups excluding carboxylic acids is 2. The molecule has 0 aromatic rings. The number of rotatable bonds is 6. The van der Waals surface area contributed by atoms with Crippen LogP contribution in [-0.4, -0.2) is 54.6 Å². The van der Waals surface area contributed by atoms with E-state index in [1.54, 1.807) is 0 Å². The van der Waals surface area contributed by atoms with Crippen molar-refractivity contribution in [1.82, 2.24) is 20.9 Å². The quantitative estimate of drug-likeness (QED) is 0.692. The second kappa shape index (κ2) is 8.70. The van der Waals surface area contributed by atoms with Gasteiger partial charge >= 0.3 is 6.03 Å². The van der Waals surface area contributed by atoms with Crippen LogP contribution in [0.4, 0.5) is 4.79 Å². The molecule has 0 aromatic heterocycles. The monoisotopic (exact) mass is 336 g/mol. The van der Waals surface area contributed by atoms with Crippen LogP contribution in [0, 0.1) is 0 Å². The van der Waals surface area contributed by atoms with Crippen molar-refractivity contribution in [1.29, 1.82) is 0 Å². The molecule has 1 aliphatic heterocycles. The van der Waals surface area contributed by atoms with Gasteiger partial charge in [0.15, 0.2) is 0 Å². The first-order valence-corrected chi connectivity index (χ1v) is 9.78. The van der Waals surface area contributed by atoms with E-state index in [4.69, 9.17) is 0 Å². The first-order chi connectivity index (χ1) is 11.7. The van der Waals surface area contributed by atoms with Gasteiger partial charge in [0.25, 0.3) is 0 Å². The van der Waals surface area contributed by atoms with E-state index < -0.39 is 0 Å². The van der Waals surface area contributed by atoms with E-state index in [1.807, 2.05) is 0 Å². The maximum absolute atomic E-state index is 12.0. The van der Waals surface area contributed by atoms with Crippen LogP contribution < -0.4 is 16.0 Å². The van der Waals surface area contributed by atoms with Crippen LogP contribution >= 0.6 is 0 Å². The minimum Gasteiger partial charge on any atom is -0.353 e. The summed E-state index contributed by atoms with van der Waals surface area (Å²) in [4.78, 5) is 26.3. The van der Waals surface area contributed by atoms with Gasteiger partial charge < -0.3 is 16.0 Å².